The molecule has 182 valence electrons. The molecule has 1 atom stereocenters. The van der Waals surface area contributed by atoms with Crippen LogP contribution in [0.2, 0.25) is 0 Å². The predicted octanol–water partition coefficient (Wildman–Crippen LogP) is 4.16. The smallest absolute Gasteiger partial charge is 0.311 e. The van der Waals surface area contributed by atoms with Crippen LogP contribution in [0.25, 0.3) is 11.0 Å². The summed E-state index contributed by atoms with van der Waals surface area (Å²) in [5, 5.41) is 12.8. The molecule has 1 unspecified atom stereocenters. The van der Waals surface area contributed by atoms with Crippen molar-refractivity contribution in [2.75, 3.05) is 13.1 Å². The average Bonchev–Trinajstić information content (AvgIpc) is 3.52. The molecular weight excluding hydrogens is 440 g/mol. The first-order valence-corrected chi connectivity index (χ1v) is 12.3. The number of esters is 1. The van der Waals surface area contributed by atoms with Gasteiger partial charge < -0.3 is 4.74 Å². The first-order chi connectivity index (χ1) is 17.0. The lowest BCUT2D eigenvalue weighted by atomic mass is 10.0. The highest BCUT2D eigenvalue weighted by Gasteiger charge is 2.22. The van der Waals surface area contributed by atoms with Crippen LogP contribution >= 0.6 is 0 Å². The number of hydrogen-bond donors (Lipinski definition) is 0. The minimum Gasteiger partial charge on any atom is -0.427 e. The van der Waals surface area contributed by atoms with Gasteiger partial charge in [-0.2, -0.15) is 5.10 Å². The number of nitrogens with zero attached hydrogens (tertiary/aromatic N) is 6. The summed E-state index contributed by atoms with van der Waals surface area (Å²) in [4.78, 5) is 15.1. The zero-order valence-electron chi connectivity index (χ0n) is 20.6. The number of carbonyl (C=O) groups is 1. The third-order valence-corrected chi connectivity index (χ3v) is 7.07. The maximum Gasteiger partial charge on any atom is 0.311 e. The first kappa shape index (κ1) is 23.2. The van der Waals surface area contributed by atoms with Gasteiger partial charge in [-0.05, 0) is 86.2 Å². The number of fused-ring (bicyclic) bond motifs is 1. The lowest BCUT2D eigenvalue weighted by Crippen LogP contribution is -2.36. The van der Waals surface area contributed by atoms with Crippen molar-refractivity contribution >= 4 is 17.0 Å². The number of aromatic nitrogens is 5. The van der Waals surface area contributed by atoms with E-state index in [9.17, 15) is 4.79 Å². The Kier molecular flexibility index (Phi) is 6.63. The summed E-state index contributed by atoms with van der Waals surface area (Å²) in [7, 11) is 1.88. The molecule has 2 aromatic heterocycles. The molecule has 0 amide bonds. The zero-order chi connectivity index (χ0) is 24.4. The van der Waals surface area contributed by atoms with Crippen LogP contribution in [0.1, 0.15) is 47.6 Å². The topological polar surface area (TPSA) is 78.1 Å². The van der Waals surface area contributed by atoms with Crippen molar-refractivity contribution < 1.29 is 9.53 Å². The Morgan fingerprint density at radius 3 is 2.89 bits per heavy atom. The summed E-state index contributed by atoms with van der Waals surface area (Å²) < 4.78 is 9.56. The number of likely N-dealkylation sites (tertiary alicyclic amines) is 1. The minimum atomic E-state index is -0.227. The van der Waals surface area contributed by atoms with E-state index < -0.39 is 0 Å². The molecule has 0 aliphatic carbocycles. The van der Waals surface area contributed by atoms with Gasteiger partial charge in [-0.1, -0.05) is 17.3 Å². The molecule has 1 saturated heterocycles. The number of piperidine rings is 1. The molecule has 0 N–H and O–H groups in total. The monoisotopic (exact) mass is 472 g/mol. The fourth-order valence-corrected chi connectivity index (χ4v) is 4.97. The van der Waals surface area contributed by atoms with Crippen LogP contribution in [0.5, 0.6) is 5.75 Å². The van der Waals surface area contributed by atoms with Gasteiger partial charge in [-0.25, -0.2) is 4.68 Å². The Bertz CT molecular complexity index is 1330. The van der Waals surface area contributed by atoms with Gasteiger partial charge in [-0.15, -0.1) is 5.10 Å². The molecule has 0 radical (unpaired) electrons. The molecule has 2 aromatic carbocycles. The number of ether oxygens (including phenoxy) is 1. The summed E-state index contributed by atoms with van der Waals surface area (Å²) in [6.07, 6.45) is 7.12. The van der Waals surface area contributed by atoms with E-state index in [0.717, 1.165) is 54.6 Å². The normalized spacial score (nSPS) is 16.6. The lowest BCUT2D eigenvalue weighted by molar-refractivity contribution is -0.134. The highest BCUT2D eigenvalue weighted by Crippen LogP contribution is 2.25. The van der Waals surface area contributed by atoms with Gasteiger partial charge >= 0.3 is 5.97 Å². The van der Waals surface area contributed by atoms with Gasteiger partial charge in [0.05, 0.1) is 11.6 Å². The molecular formula is C27H32N6O2. The van der Waals surface area contributed by atoms with Crippen LogP contribution in [0.4, 0.5) is 0 Å². The highest BCUT2D eigenvalue weighted by atomic mass is 16.5. The fourth-order valence-electron chi connectivity index (χ4n) is 4.97. The van der Waals surface area contributed by atoms with Gasteiger partial charge in [-0.3, -0.25) is 14.4 Å². The molecule has 0 spiro atoms. The molecule has 8 nitrogen and oxygen atoms in total. The van der Waals surface area contributed by atoms with Crippen molar-refractivity contribution in [3.8, 4) is 5.75 Å². The second kappa shape index (κ2) is 10.00. The number of rotatable bonds is 7. The zero-order valence-corrected chi connectivity index (χ0v) is 20.6. The Labute approximate surface area is 205 Å². The quantitative estimate of drug-likeness (QED) is 0.297. The Morgan fingerprint density at radius 1 is 1.17 bits per heavy atom. The molecule has 35 heavy (non-hydrogen) atoms. The van der Waals surface area contributed by atoms with Crippen molar-refractivity contribution in [2.24, 2.45) is 7.05 Å². The molecule has 0 saturated carbocycles. The van der Waals surface area contributed by atoms with Crippen LogP contribution in [-0.4, -0.2) is 48.7 Å². The molecule has 1 aliphatic heterocycles. The van der Waals surface area contributed by atoms with Crippen LogP contribution in [0.15, 0.2) is 48.8 Å². The van der Waals surface area contributed by atoms with E-state index >= 15 is 0 Å². The van der Waals surface area contributed by atoms with E-state index in [2.05, 4.69) is 31.9 Å². The Balaban J connectivity index is 1.20. The van der Waals surface area contributed by atoms with E-state index in [0.29, 0.717) is 24.6 Å². The number of aryl methyl sites for hydroxylation is 4. The van der Waals surface area contributed by atoms with Crippen LogP contribution in [0.3, 0.4) is 0 Å². The maximum absolute atomic E-state index is 12.7. The Hall–Kier alpha value is -3.52. The number of benzene rings is 2. The van der Waals surface area contributed by atoms with Gasteiger partial charge in [0.15, 0.2) is 0 Å². The summed E-state index contributed by atoms with van der Waals surface area (Å²) in [5.41, 5.74) is 6.44. The average molecular weight is 473 g/mol. The first-order valence-electron chi connectivity index (χ1n) is 12.3. The van der Waals surface area contributed by atoms with Crippen molar-refractivity contribution in [3.05, 3.63) is 71.0 Å². The molecule has 0 bridgehead atoms. The molecule has 4 aromatic rings. The summed E-state index contributed by atoms with van der Waals surface area (Å²) in [5.74, 6) is 0.382. The highest BCUT2D eigenvalue weighted by molar-refractivity contribution is 5.79. The van der Waals surface area contributed by atoms with Gasteiger partial charge in [0.25, 0.3) is 0 Å². The number of carbonyl (C=O) groups excluding carboxylic acids is 1. The molecule has 3 heterocycles. The van der Waals surface area contributed by atoms with E-state index in [1.807, 2.05) is 62.8 Å². The molecule has 1 aliphatic rings. The standard InChI is InChI=1S/C27H32N6O2/c1-19-7-10-24(16-22(19)17-32-14-4-6-23(18-32)33-15-5-13-28-33)35-26(34)12-9-21-8-11-25-27(20(21)2)29-30-31(25)3/h5,7-8,10-11,13,15-16,23H,4,6,9,12,14,17-18H2,1-3H3. The van der Waals surface area contributed by atoms with Gasteiger partial charge in [0.2, 0.25) is 0 Å². The second-order valence-corrected chi connectivity index (χ2v) is 9.51. The van der Waals surface area contributed by atoms with Crippen molar-refractivity contribution in [3.63, 3.8) is 0 Å². The Morgan fingerprint density at radius 2 is 2.06 bits per heavy atom. The van der Waals surface area contributed by atoms with Gasteiger partial charge in [0.1, 0.15) is 11.3 Å². The summed E-state index contributed by atoms with van der Waals surface area (Å²) in [6, 6.07) is 12.4. The minimum absolute atomic E-state index is 0.227. The largest absolute Gasteiger partial charge is 0.427 e. The lowest BCUT2D eigenvalue weighted by Gasteiger charge is -2.33. The summed E-state index contributed by atoms with van der Waals surface area (Å²) >= 11 is 0. The van der Waals surface area contributed by atoms with E-state index in [1.54, 1.807) is 4.68 Å². The van der Waals surface area contributed by atoms with Crippen LogP contribution in [0, 0.1) is 13.8 Å². The van der Waals surface area contributed by atoms with E-state index in [4.69, 9.17) is 4.74 Å². The third kappa shape index (κ3) is 5.12. The number of hydrogen-bond acceptors (Lipinski definition) is 6. The summed E-state index contributed by atoms with van der Waals surface area (Å²) in [6.45, 7) is 7.02. The SMILES string of the molecule is Cc1ccc(OC(=O)CCc2ccc3c(nnn3C)c2C)cc1CN1CCCC(n2cccn2)C1. The van der Waals surface area contributed by atoms with Gasteiger partial charge in [0, 0.05) is 39.0 Å². The maximum atomic E-state index is 12.7. The van der Waals surface area contributed by atoms with Crippen molar-refractivity contribution in [1.29, 1.82) is 0 Å². The van der Waals surface area contributed by atoms with E-state index in [-0.39, 0.29) is 5.97 Å². The van der Waals surface area contributed by atoms with Crippen molar-refractivity contribution in [2.45, 2.75) is 52.1 Å². The molecule has 1 fully saturated rings. The predicted molar refractivity (Wildman–Crippen MR) is 134 cm³/mol. The van der Waals surface area contributed by atoms with Crippen LogP contribution < -0.4 is 4.74 Å². The second-order valence-electron chi connectivity index (χ2n) is 9.51. The molecule has 8 heteroatoms. The fraction of sp³-hybridized carbons (Fsp3) is 0.407. The molecule has 5 rings (SSSR count). The van der Waals surface area contributed by atoms with E-state index in [1.165, 1.54) is 11.1 Å². The van der Waals surface area contributed by atoms with Crippen molar-refractivity contribution in [1.82, 2.24) is 29.7 Å². The third-order valence-electron chi connectivity index (χ3n) is 7.07. The van der Waals surface area contributed by atoms with Crippen LogP contribution in [-0.2, 0) is 24.8 Å².